The summed E-state index contributed by atoms with van der Waals surface area (Å²) in [5.74, 6) is -2.34. The number of non-ortho nitro benzene ring substituents is 1. The van der Waals surface area contributed by atoms with E-state index in [1.54, 1.807) is 0 Å². The summed E-state index contributed by atoms with van der Waals surface area (Å²) in [6, 6.07) is 14.4. The van der Waals surface area contributed by atoms with Crippen molar-refractivity contribution in [3.05, 3.63) is 70.3 Å². The van der Waals surface area contributed by atoms with E-state index in [-0.39, 0.29) is 18.5 Å². The molecule has 0 aromatic heterocycles. The Kier molecular flexibility index (Phi) is 5.62. The van der Waals surface area contributed by atoms with Gasteiger partial charge in [0.05, 0.1) is 10.8 Å². The van der Waals surface area contributed by atoms with Crippen LogP contribution in [-0.4, -0.2) is 21.9 Å². The van der Waals surface area contributed by atoms with Gasteiger partial charge in [-0.25, -0.2) is 0 Å². The normalized spacial score (nSPS) is 11.5. The monoisotopic (exact) mass is 328 g/mol. The second kappa shape index (κ2) is 7.87. The first-order valence-electron chi connectivity index (χ1n) is 7.26. The maximum Gasteiger partial charge on any atom is 0.307 e. The van der Waals surface area contributed by atoms with Crippen LogP contribution >= 0.6 is 0 Å². The number of amides is 1. The number of nitro benzene ring substituents is 1. The molecule has 0 bridgehead atoms. The van der Waals surface area contributed by atoms with Crippen LogP contribution in [0.4, 0.5) is 11.4 Å². The fourth-order valence-electron chi connectivity index (χ4n) is 2.25. The van der Waals surface area contributed by atoms with Gasteiger partial charge in [-0.3, -0.25) is 19.7 Å². The lowest BCUT2D eigenvalue weighted by atomic mass is 9.96. The van der Waals surface area contributed by atoms with E-state index in [9.17, 15) is 24.8 Å². The average molecular weight is 328 g/mol. The highest BCUT2D eigenvalue weighted by Gasteiger charge is 2.22. The van der Waals surface area contributed by atoms with Crippen LogP contribution in [0.15, 0.2) is 54.6 Å². The van der Waals surface area contributed by atoms with E-state index in [4.69, 9.17) is 0 Å². The van der Waals surface area contributed by atoms with Crippen molar-refractivity contribution in [2.24, 2.45) is 5.92 Å². The van der Waals surface area contributed by atoms with Gasteiger partial charge < -0.3 is 10.4 Å². The van der Waals surface area contributed by atoms with Crippen LogP contribution in [-0.2, 0) is 16.0 Å². The van der Waals surface area contributed by atoms with E-state index in [1.165, 1.54) is 24.3 Å². The number of carbonyl (C=O) groups is 2. The summed E-state index contributed by atoms with van der Waals surface area (Å²) >= 11 is 0. The molecule has 7 heteroatoms. The number of carboxylic acid groups (broad SMARTS) is 1. The number of hydrogen-bond acceptors (Lipinski definition) is 4. The fraction of sp³-hybridized carbons (Fsp3) is 0.176. The molecule has 2 aromatic rings. The molecule has 0 saturated heterocycles. The number of carboxylic acids is 1. The Hall–Kier alpha value is -3.22. The van der Waals surface area contributed by atoms with E-state index < -0.39 is 22.7 Å². The van der Waals surface area contributed by atoms with Crippen LogP contribution in [0, 0.1) is 16.0 Å². The Morgan fingerprint density at radius 3 is 2.25 bits per heavy atom. The molecule has 2 N–H and O–H groups in total. The first-order valence-corrected chi connectivity index (χ1v) is 7.26. The Labute approximate surface area is 138 Å². The Balaban J connectivity index is 1.97. The lowest BCUT2D eigenvalue weighted by Crippen LogP contribution is -2.24. The number of nitro groups is 1. The Bertz CT molecular complexity index is 728. The minimum atomic E-state index is -1.04. The SMILES string of the molecule is O=C(C[C@H](Cc1ccccc1)C(=O)O)Nc1ccc([N+](=O)[O-])cc1. The van der Waals surface area contributed by atoms with Crippen molar-refractivity contribution in [3.63, 3.8) is 0 Å². The third-order valence-corrected chi connectivity index (χ3v) is 3.47. The molecule has 2 aromatic carbocycles. The molecule has 124 valence electrons. The maximum absolute atomic E-state index is 12.0. The minimum Gasteiger partial charge on any atom is -0.481 e. The minimum absolute atomic E-state index is 0.0829. The highest BCUT2D eigenvalue weighted by molar-refractivity contribution is 5.93. The van der Waals surface area contributed by atoms with Crippen molar-refractivity contribution >= 4 is 23.3 Å². The number of hydrogen-bond donors (Lipinski definition) is 2. The van der Waals surface area contributed by atoms with Gasteiger partial charge in [-0.15, -0.1) is 0 Å². The molecule has 1 amide bonds. The molecule has 2 rings (SSSR count). The topological polar surface area (TPSA) is 110 Å². The molecule has 24 heavy (non-hydrogen) atoms. The molecule has 0 unspecified atom stereocenters. The van der Waals surface area contributed by atoms with Gasteiger partial charge in [0, 0.05) is 24.2 Å². The van der Waals surface area contributed by atoms with Crippen LogP contribution in [0.1, 0.15) is 12.0 Å². The van der Waals surface area contributed by atoms with Crippen molar-refractivity contribution in [3.8, 4) is 0 Å². The number of anilines is 1. The molecule has 7 nitrogen and oxygen atoms in total. The van der Waals surface area contributed by atoms with Gasteiger partial charge in [0.15, 0.2) is 0 Å². The lowest BCUT2D eigenvalue weighted by Gasteiger charge is -2.12. The van der Waals surface area contributed by atoms with Crippen LogP contribution in [0.25, 0.3) is 0 Å². The summed E-state index contributed by atoms with van der Waals surface area (Å²) in [4.78, 5) is 33.4. The summed E-state index contributed by atoms with van der Waals surface area (Å²) in [6.45, 7) is 0. The quantitative estimate of drug-likeness (QED) is 0.600. The largest absolute Gasteiger partial charge is 0.481 e. The molecule has 0 fully saturated rings. The predicted molar refractivity (Wildman–Crippen MR) is 87.6 cm³/mol. The zero-order chi connectivity index (χ0) is 17.5. The van der Waals surface area contributed by atoms with E-state index >= 15 is 0 Å². The van der Waals surface area contributed by atoms with Gasteiger partial charge >= 0.3 is 5.97 Å². The van der Waals surface area contributed by atoms with Crippen molar-refractivity contribution in [1.29, 1.82) is 0 Å². The number of benzene rings is 2. The average Bonchev–Trinajstić information content (AvgIpc) is 2.55. The number of aliphatic carboxylic acids is 1. The molecule has 0 saturated carbocycles. The van der Waals surface area contributed by atoms with Crippen molar-refractivity contribution < 1.29 is 19.6 Å². The predicted octanol–water partition coefficient (Wildman–Crippen LogP) is 2.87. The lowest BCUT2D eigenvalue weighted by molar-refractivity contribution is -0.384. The van der Waals surface area contributed by atoms with Gasteiger partial charge in [-0.05, 0) is 24.1 Å². The standard InChI is InChI=1S/C17H16N2O5/c20-16(18-14-6-8-15(9-7-14)19(23)24)11-13(17(21)22)10-12-4-2-1-3-5-12/h1-9,13H,10-11H2,(H,18,20)(H,21,22)/t13-/m0/s1. The highest BCUT2D eigenvalue weighted by atomic mass is 16.6. The number of carbonyl (C=O) groups excluding carboxylic acids is 1. The number of rotatable bonds is 7. The Morgan fingerprint density at radius 1 is 1.08 bits per heavy atom. The van der Waals surface area contributed by atoms with Crippen molar-refractivity contribution in [2.75, 3.05) is 5.32 Å². The molecule has 0 aliphatic carbocycles. The van der Waals surface area contributed by atoms with Crippen LogP contribution in [0.2, 0.25) is 0 Å². The van der Waals surface area contributed by atoms with Crippen molar-refractivity contribution in [1.82, 2.24) is 0 Å². The van der Waals surface area contributed by atoms with E-state index in [2.05, 4.69) is 5.32 Å². The zero-order valence-corrected chi connectivity index (χ0v) is 12.7. The van der Waals surface area contributed by atoms with Crippen LogP contribution < -0.4 is 5.32 Å². The first-order chi connectivity index (χ1) is 11.5. The second-order valence-electron chi connectivity index (χ2n) is 5.28. The highest BCUT2D eigenvalue weighted by Crippen LogP contribution is 2.17. The van der Waals surface area contributed by atoms with Crippen molar-refractivity contribution in [2.45, 2.75) is 12.8 Å². The van der Waals surface area contributed by atoms with Gasteiger partial charge in [0.1, 0.15) is 0 Å². The van der Waals surface area contributed by atoms with Crippen LogP contribution in [0.5, 0.6) is 0 Å². The van der Waals surface area contributed by atoms with Gasteiger partial charge in [0.2, 0.25) is 5.91 Å². The van der Waals surface area contributed by atoms with Crippen LogP contribution in [0.3, 0.4) is 0 Å². The molecular formula is C17H16N2O5. The third kappa shape index (κ3) is 4.91. The molecular weight excluding hydrogens is 312 g/mol. The summed E-state index contributed by atoms with van der Waals surface area (Å²) in [7, 11) is 0. The van der Waals surface area contributed by atoms with E-state index in [0.717, 1.165) is 5.56 Å². The maximum atomic E-state index is 12.0. The molecule has 0 aliphatic rings. The second-order valence-corrected chi connectivity index (χ2v) is 5.28. The van der Waals surface area contributed by atoms with E-state index in [0.29, 0.717) is 5.69 Å². The molecule has 0 aliphatic heterocycles. The molecule has 1 atom stereocenters. The molecule has 0 spiro atoms. The summed E-state index contributed by atoms with van der Waals surface area (Å²) in [5, 5.41) is 22.4. The number of nitrogens with one attached hydrogen (secondary N) is 1. The zero-order valence-electron chi connectivity index (χ0n) is 12.7. The van der Waals surface area contributed by atoms with E-state index in [1.807, 2.05) is 30.3 Å². The summed E-state index contributed by atoms with van der Waals surface area (Å²) in [5.41, 5.74) is 1.14. The van der Waals surface area contributed by atoms with Gasteiger partial charge in [0.25, 0.3) is 5.69 Å². The summed E-state index contributed by atoms with van der Waals surface area (Å²) < 4.78 is 0. The first kappa shape index (κ1) is 17.1. The van der Waals surface area contributed by atoms with Gasteiger partial charge in [-0.2, -0.15) is 0 Å². The third-order valence-electron chi connectivity index (χ3n) is 3.47. The summed E-state index contributed by atoms with van der Waals surface area (Å²) in [6.07, 6.45) is 0.0745. The fourth-order valence-corrected chi connectivity index (χ4v) is 2.25. The Morgan fingerprint density at radius 2 is 1.71 bits per heavy atom. The number of nitrogens with zero attached hydrogens (tertiary/aromatic N) is 1. The van der Waals surface area contributed by atoms with Gasteiger partial charge in [-0.1, -0.05) is 30.3 Å². The molecule has 0 heterocycles. The molecule has 0 radical (unpaired) electrons. The smallest absolute Gasteiger partial charge is 0.307 e.